The molecule has 3 amide bonds. The summed E-state index contributed by atoms with van der Waals surface area (Å²) in [5.41, 5.74) is 12.9. The van der Waals surface area contributed by atoms with Crippen LogP contribution in [0.15, 0.2) is 109 Å². The third-order valence-corrected chi connectivity index (χ3v) is 9.38. The fraction of sp³-hybridized carbons (Fsp3) is 0.231. The molecule has 48 heavy (non-hydrogen) atoms. The van der Waals surface area contributed by atoms with Gasteiger partial charge in [0.2, 0.25) is 11.8 Å². The number of hydrogen-bond donors (Lipinski definition) is 3. The molecule has 4 aromatic carbocycles. The molecule has 2 atom stereocenters. The van der Waals surface area contributed by atoms with Gasteiger partial charge in [-0.05, 0) is 59.2 Å². The Morgan fingerprint density at radius 3 is 2.23 bits per heavy atom. The van der Waals surface area contributed by atoms with Crippen LogP contribution in [0.3, 0.4) is 0 Å². The van der Waals surface area contributed by atoms with E-state index in [4.69, 9.17) is 15.5 Å². The Kier molecular flexibility index (Phi) is 8.74. The number of nitrogens with two attached hydrogens (primary N) is 1. The van der Waals surface area contributed by atoms with Gasteiger partial charge < -0.3 is 25.7 Å². The molecule has 7 rings (SSSR count). The quantitative estimate of drug-likeness (QED) is 0.172. The summed E-state index contributed by atoms with van der Waals surface area (Å²) in [6.07, 6.45) is 3.96. The second-order valence-corrected chi connectivity index (χ2v) is 12.4. The molecule has 4 N–H and O–H groups in total. The first-order chi connectivity index (χ1) is 23.5. The van der Waals surface area contributed by atoms with Crippen molar-refractivity contribution in [2.24, 2.45) is 5.73 Å². The van der Waals surface area contributed by atoms with Gasteiger partial charge in [0, 0.05) is 36.2 Å². The number of imidazole rings is 1. The van der Waals surface area contributed by atoms with Crippen LogP contribution in [0.4, 0.5) is 4.79 Å². The van der Waals surface area contributed by atoms with E-state index >= 15 is 0 Å². The van der Waals surface area contributed by atoms with E-state index in [1.165, 1.54) is 0 Å². The number of benzene rings is 4. The number of nitrogens with zero attached hydrogens (tertiary/aromatic N) is 2. The summed E-state index contributed by atoms with van der Waals surface area (Å²) < 4.78 is 5.86. The molecule has 1 aromatic heterocycles. The lowest BCUT2D eigenvalue weighted by Crippen LogP contribution is -2.52. The maximum atomic E-state index is 14.4. The molecule has 0 unspecified atom stereocenters. The minimum absolute atomic E-state index is 0.108. The summed E-state index contributed by atoms with van der Waals surface area (Å²) in [6, 6.07) is 31.8. The topological polar surface area (TPSA) is 130 Å². The Hall–Kier alpha value is -5.70. The van der Waals surface area contributed by atoms with Gasteiger partial charge in [-0.15, -0.1) is 0 Å². The van der Waals surface area contributed by atoms with Crippen LogP contribution >= 0.6 is 0 Å². The average Bonchev–Trinajstić information content (AvgIpc) is 3.74. The zero-order valence-electron chi connectivity index (χ0n) is 26.5. The number of likely N-dealkylation sites (tertiary alicyclic amines) is 1. The highest BCUT2D eigenvalue weighted by atomic mass is 16.5. The van der Waals surface area contributed by atoms with Gasteiger partial charge in [0.1, 0.15) is 18.5 Å². The summed E-state index contributed by atoms with van der Waals surface area (Å²) in [4.78, 5) is 49.6. The van der Waals surface area contributed by atoms with Gasteiger partial charge in [-0.3, -0.25) is 9.59 Å². The fourth-order valence-corrected chi connectivity index (χ4v) is 6.97. The van der Waals surface area contributed by atoms with Gasteiger partial charge in [-0.25, -0.2) is 9.78 Å². The highest BCUT2D eigenvalue weighted by Gasteiger charge is 2.36. The molecule has 2 heterocycles. The van der Waals surface area contributed by atoms with Crippen LogP contribution in [-0.4, -0.2) is 52.0 Å². The molecule has 1 aliphatic heterocycles. The number of primary amides is 1. The van der Waals surface area contributed by atoms with Crippen molar-refractivity contribution in [1.82, 2.24) is 20.2 Å². The molecule has 0 saturated carbocycles. The minimum atomic E-state index is -0.913. The number of carbonyl (C=O) groups excluding carboxylic acids is 3. The van der Waals surface area contributed by atoms with Gasteiger partial charge >= 0.3 is 6.09 Å². The number of carbonyl (C=O) groups is 3. The Morgan fingerprint density at radius 2 is 1.54 bits per heavy atom. The van der Waals surface area contributed by atoms with Gasteiger partial charge in [-0.2, -0.15) is 0 Å². The molecule has 1 saturated heterocycles. The molecule has 5 aromatic rings. The molecule has 0 radical (unpaired) electrons. The summed E-state index contributed by atoms with van der Waals surface area (Å²) in [7, 11) is 0. The number of hydrogen-bond acceptors (Lipinski definition) is 5. The first kappa shape index (κ1) is 30.9. The largest absolute Gasteiger partial charge is 0.449 e. The lowest BCUT2D eigenvalue weighted by atomic mass is 9.97. The Labute approximate surface area is 279 Å². The zero-order chi connectivity index (χ0) is 33.0. The van der Waals surface area contributed by atoms with Crippen molar-refractivity contribution in [2.75, 3.05) is 13.2 Å². The van der Waals surface area contributed by atoms with E-state index < -0.39 is 18.0 Å². The minimum Gasteiger partial charge on any atom is -0.449 e. The van der Waals surface area contributed by atoms with Crippen LogP contribution in [0, 0.1) is 0 Å². The zero-order valence-corrected chi connectivity index (χ0v) is 26.5. The van der Waals surface area contributed by atoms with E-state index in [0.717, 1.165) is 58.3 Å². The van der Waals surface area contributed by atoms with Crippen molar-refractivity contribution in [2.45, 2.75) is 43.7 Å². The Morgan fingerprint density at radius 1 is 0.875 bits per heavy atom. The van der Waals surface area contributed by atoms with Gasteiger partial charge in [0.25, 0.3) is 0 Å². The number of amides is 3. The van der Waals surface area contributed by atoms with E-state index in [0.29, 0.717) is 17.9 Å². The maximum Gasteiger partial charge on any atom is 0.407 e. The Bertz CT molecular complexity index is 1890. The molecule has 0 bridgehead atoms. The van der Waals surface area contributed by atoms with Gasteiger partial charge in [0.05, 0.1) is 11.7 Å². The number of aromatic amines is 1. The Balaban J connectivity index is 1.11. The predicted octanol–water partition coefficient (Wildman–Crippen LogP) is 6.38. The lowest BCUT2D eigenvalue weighted by Gasteiger charge is -2.37. The maximum absolute atomic E-state index is 14.4. The van der Waals surface area contributed by atoms with Crippen LogP contribution in [0.2, 0.25) is 0 Å². The second-order valence-electron chi connectivity index (χ2n) is 12.4. The van der Waals surface area contributed by atoms with Gasteiger partial charge in [-0.1, -0.05) is 91.0 Å². The van der Waals surface area contributed by atoms with Crippen LogP contribution < -0.4 is 11.1 Å². The van der Waals surface area contributed by atoms with Crippen molar-refractivity contribution in [1.29, 1.82) is 0 Å². The lowest BCUT2D eigenvalue weighted by molar-refractivity contribution is -0.137. The summed E-state index contributed by atoms with van der Waals surface area (Å²) in [5.74, 6) is -0.143. The van der Waals surface area contributed by atoms with Gasteiger partial charge in [0.15, 0.2) is 0 Å². The molecular formula is C39H37N5O4. The molecule has 2 aliphatic rings. The first-order valence-electron chi connectivity index (χ1n) is 16.4. The molecule has 9 nitrogen and oxygen atoms in total. The first-order valence-corrected chi connectivity index (χ1v) is 16.4. The SMILES string of the molecule is NC(=O)c1ccc(C[C@H](NC(=O)OCC2c3ccccc3-c3ccccc32)C(=O)N2CCCC[C@H]2c2nc(-c3ccccc3)c[nH]2)cc1. The van der Waals surface area contributed by atoms with Crippen LogP contribution in [0.5, 0.6) is 0 Å². The molecule has 9 heteroatoms. The van der Waals surface area contributed by atoms with E-state index in [9.17, 15) is 14.4 Å². The number of piperidine rings is 1. The highest BCUT2D eigenvalue weighted by molar-refractivity contribution is 5.92. The standard InChI is InChI=1S/C39H37N5O4/c40-36(45)27-19-17-25(18-20-27)22-33(43-39(47)48-24-32-30-14-6-4-12-28(30)29-13-5-7-15-31(29)32)38(46)44-21-9-8-16-35(44)37-41-23-34(42-37)26-10-2-1-3-11-26/h1-7,10-15,17-20,23,32-33,35H,8-9,16,21-22,24H2,(H2,40,45)(H,41,42)(H,43,47)/t33-,35-/m0/s1. The number of ether oxygens (including phenoxy) is 1. The van der Waals surface area contributed by atoms with Crippen LogP contribution in [-0.2, 0) is 16.0 Å². The van der Waals surface area contributed by atoms with Crippen molar-refractivity contribution in [3.05, 3.63) is 137 Å². The number of H-pyrrole nitrogens is 1. The van der Waals surface area contributed by atoms with E-state index in [2.05, 4.69) is 34.6 Å². The normalized spacial score (nSPS) is 16.1. The third kappa shape index (κ3) is 6.31. The second kappa shape index (κ2) is 13.6. The number of rotatable bonds is 9. The molecule has 1 aliphatic carbocycles. The van der Waals surface area contributed by atoms with E-state index in [1.54, 1.807) is 24.3 Å². The smallest absolute Gasteiger partial charge is 0.407 e. The van der Waals surface area contributed by atoms with Crippen LogP contribution in [0.1, 0.15) is 64.1 Å². The molecule has 242 valence electrons. The monoisotopic (exact) mass is 639 g/mol. The third-order valence-electron chi connectivity index (χ3n) is 9.38. The highest BCUT2D eigenvalue weighted by Crippen LogP contribution is 2.44. The van der Waals surface area contributed by atoms with Crippen molar-refractivity contribution < 1.29 is 19.1 Å². The van der Waals surface area contributed by atoms with Crippen LogP contribution in [0.25, 0.3) is 22.4 Å². The molecule has 0 spiro atoms. The predicted molar refractivity (Wildman–Crippen MR) is 183 cm³/mol. The fourth-order valence-electron chi connectivity index (χ4n) is 6.97. The summed E-state index contributed by atoms with van der Waals surface area (Å²) >= 11 is 0. The summed E-state index contributed by atoms with van der Waals surface area (Å²) in [6.45, 7) is 0.670. The summed E-state index contributed by atoms with van der Waals surface area (Å²) in [5, 5.41) is 2.90. The molecule has 1 fully saturated rings. The van der Waals surface area contributed by atoms with E-state index in [-0.39, 0.29) is 30.9 Å². The number of fused-ring (bicyclic) bond motifs is 3. The number of alkyl carbamates (subject to hydrolysis) is 1. The number of nitrogens with one attached hydrogen (secondary N) is 2. The number of aromatic nitrogens is 2. The van der Waals surface area contributed by atoms with E-state index in [1.807, 2.05) is 65.7 Å². The van der Waals surface area contributed by atoms with Crippen molar-refractivity contribution in [3.63, 3.8) is 0 Å². The van der Waals surface area contributed by atoms with Crippen molar-refractivity contribution in [3.8, 4) is 22.4 Å². The van der Waals surface area contributed by atoms with Crippen molar-refractivity contribution >= 4 is 17.9 Å². The molecular weight excluding hydrogens is 602 g/mol. The average molecular weight is 640 g/mol.